The number of halogens is 2. The first-order valence-electron chi connectivity index (χ1n) is 6.60. The molecule has 0 saturated heterocycles. The second kappa shape index (κ2) is 5.07. The third kappa shape index (κ3) is 2.78. The van der Waals surface area contributed by atoms with Crippen LogP contribution in [0.5, 0.6) is 0 Å². The van der Waals surface area contributed by atoms with Gasteiger partial charge in [-0.3, -0.25) is 0 Å². The van der Waals surface area contributed by atoms with E-state index in [0.29, 0.717) is 0 Å². The molecule has 0 heterocycles. The molecule has 2 heteroatoms. The van der Waals surface area contributed by atoms with E-state index in [9.17, 15) is 0 Å². The molecule has 3 rings (SSSR count). The molecular formula is C16H14BrCl. The Kier molecular flexibility index (Phi) is 3.12. The summed E-state index contributed by atoms with van der Waals surface area (Å²) >= 11 is 9.68. The van der Waals surface area contributed by atoms with E-state index >= 15 is 0 Å². The molecule has 1 fully saturated rings. The van der Waals surface area contributed by atoms with Crippen molar-refractivity contribution >= 4 is 27.5 Å². The fourth-order valence-electron chi connectivity index (χ4n) is 2.11. The van der Waals surface area contributed by atoms with E-state index in [0.717, 1.165) is 39.9 Å². The van der Waals surface area contributed by atoms with Crippen LogP contribution in [0.2, 0.25) is 5.02 Å². The SMILES string of the molecule is [2H]C1(c2ccc(Cc3cc(Br)ccc3Cl)cc2)CC1. The Hall–Kier alpha value is -0.790. The highest BCUT2D eigenvalue weighted by molar-refractivity contribution is 9.10. The second-order valence-electron chi connectivity index (χ2n) is 4.71. The molecule has 0 atom stereocenters. The van der Waals surface area contributed by atoms with Crippen molar-refractivity contribution in [1.82, 2.24) is 0 Å². The number of benzene rings is 2. The number of rotatable bonds is 3. The van der Waals surface area contributed by atoms with Gasteiger partial charge in [0.2, 0.25) is 0 Å². The smallest absolute Gasteiger partial charge is 0.0442 e. The topological polar surface area (TPSA) is 0 Å². The summed E-state index contributed by atoms with van der Waals surface area (Å²) in [7, 11) is 0. The Balaban J connectivity index is 1.81. The summed E-state index contributed by atoms with van der Waals surface area (Å²) in [6, 6.07) is 14.3. The molecule has 0 unspecified atom stereocenters. The molecule has 0 aromatic heterocycles. The lowest BCUT2D eigenvalue weighted by Crippen LogP contribution is -1.90. The zero-order valence-corrected chi connectivity index (χ0v) is 12.3. The Morgan fingerprint density at radius 2 is 1.89 bits per heavy atom. The molecule has 0 N–H and O–H groups in total. The average Bonchev–Trinajstić information content (AvgIpc) is 3.14. The first kappa shape index (κ1) is 11.1. The zero-order chi connectivity index (χ0) is 13.5. The average molecular weight is 323 g/mol. The van der Waals surface area contributed by atoms with Crippen molar-refractivity contribution in [2.24, 2.45) is 0 Å². The summed E-state index contributed by atoms with van der Waals surface area (Å²) in [5.41, 5.74) is 3.49. The molecule has 1 aliphatic carbocycles. The van der Waals surface area contributed by atoms with Gasteiger partial charge < -0.3 is 0 Å². The number of hydrogen-bond acceptors (Lipinski definition) is 0. The summed E-state index contributed by atoms with van der Waals surface area (Å²) in [6.07, 6.45) is 2.80. The molecule has 0 aliphatic heterocycles. The van der Waals surface area contributed by atoms with Crippen molar-refractivity contribution in [3.63, 3.8) is 0 Å². The monoisotopic (exact) mass is 321 g/mol. The summed E-state index contributed by atoms with van der Waals surface area (Å²) in [5.74, 6) is -0.300. The van der Waals surface area contributed by atoms with Crippen LogP contribution in [0, 0.1) is 0 Å². The van der Waals surface area contributed by atoms with Crippen molar-refractivity contribution in [2.45, 2.75) is 25.2 Å². The molecule has 0 amide bonds. The van der Waals surface area contributed by atoms with Crippen molar-refractivity contribution < 1.29 is 1.37 Å². The van der Waals surface area contributed by atoms with Gasteiger partial charge in [0.25, 0.3) is 0 Å². The highest BCUT2D eigenvalue weighted by Crippen LogP contribution is 2.40. The van der Waals surface area contributed by atoms with Gasteiger partial charge in [-0.25, -0.2) is 0 Å². The highest BCUT2D eigenvalue weighted by atomic mass is 79.9. The van der Waals surface area contributed by atoms with E-state index in [1.54, 1.807) is 0 Å². The summed E-state index contributed by atoms with van der Waals surface area (Å²) in [4.78, 5) is 0. The fourth-order valence-corrected chi connectivity index (χ4v) is 2.70. The van der Waals surface area contributed by atoms with Crippen LogP contribution in [0.1, 0.15) is 36.8 Å². The second-order valence-corrected chi connectivity index (χ2v) is 6.04. The molecule has 0 bridgehead atoms. The predicted octanol–water partition coefficient (Wildman–Crippen LogP) is 5.57. The van der Waals surface area contributed by atoms with Crippen molar-refractivity contribution in [3.05, 3.63) is 68.7 Å². The van der Waals surface area contributed by atoms with E-state index in [2.05, 4.69) is 46.3 Å². The molecular weight excluding hydrogens is 308 g/mol. The Morgan fingerprint density at radius 1 is 1.17 bits per heavy atom. The van der Waals surface area contributed by atoms with Crippen LogP contribution in [0.3, 0.4) is 0 Å². The first-order valence-corrected chi connectivity index (χ1v) is 7.27. The molecule has 92 valence electrons. The minimum Gasteiger partial charge on any atom is -0.0840 e. The quantitative estimate of drug-likeness (QED) is 0.693. The molecule has 2 aromatic carbocycles. The van der Waals surface area contributed by atoms with Gasteiger partial charge in [-0.1, -0.05) is 51.8 Å². The zero-order valence-electron chi connectivity index (χ0n) is 10.9. The third-order valence-corrected chi connectivity index (χ3v) is 4.13. The van der Waals surface area contributed by atoms with Crippen LogP contribution in [-0.4, -0.2) is 0 Å². The molecule has 0 radical (unpaired) electrons. The minimum atomic E-state index is -0.300. The standard InChI is InChI=1S/C16H14BrCl/c17-15-7-8-16(18)14(10-15)9-11-1-3-12(4-2-11)13-5-6-13/h1-4,7-8,10,13H,5-6,9H2/i13D. The van der Waals surface area contributed by atoms with Gasteiger partial charge >= 0.3 is 0 Å². The van der Waals surface area contributed by atoms with Crippen LogP contribution in [0.25, 0.3) is 0 Å². The van der Waals surface area contributed by atoms with Crippen molar-refractivity contribution in [2.75, 3.05) is 0 Å². The maximum Gasteiger partial charge on any atom is 0.0442 e. The molecule has 2 aromatic rings. The van der Waals surface area contributed by atoms with Gasteiger partial charge in [0.15, 0.2) is 0 Å². The molecule has 1 saturated carbocycles. The van der Waals surface area contributed by atoms with Gasteiger partial charge in [-0.05, 0) is 60.0 Å². The van der Waals surface area contributed by atoms with Crippen molar-refractivity contribution in [1.29, 1.82) is 0 Å². The van der Waals surface area contributed by atoms with Crippen LogP contribution in [-0.2, 0) is 6.42 Å². The molecule has 18 heavy (non-hydrogen) atoms. The van der Waals surface area contributed by atoms with E-state index in [-0.39, 0.29) is 5.89 Å². The highest BCUT2D eigenvalue weighted by Gasteiger charge is 2.22. The lowest BCUT2D eigenvalue weighted by Gasteiger charge is -2.06. The van der Waals surface area contributed by atoms with E-state index in [1.807, 2.05) is 12.1 Å². The summed E-state index contributed by atoms with van der Waals surface area (Å²) in [5, 5.41) is 0.798. The van der Waals surface area contributed by atoms with Gasteiger partial charge in [-0.2, -0.15) is 0 Å². The molecule has 0 spiro atoms. The Labute approximate surface area is 123 Å². The fraction of sp³-hybridized carbons (Fsp3) is 0.250. The molecule has 1 aliphatic rings. The van der Waals surface area contributed by atoms with Gasteiger partial charge in [0.1, 0.15) is 0 Å². The molecule has 0 nitrogen and oxygen atoms in total. The third-order valence-electron chi connectivity index (χ3n) is 3.26. The number of hydrogen-bond donors (Lipinski definition) is 0. The maximum absolute atomic E-state index is 8.11. The van der Waals surface area contributed by atoms with Crippen LogP contribution in [0.4, 0.5) is 0 Å². The van der Waals surface area contributed by atoms with E-state index in [1.165, 1.54) is 5.56 Å². The Morgan fingerprint density at radius 3 is 2.56 bits per heavy atom. The van der Waals surface area contributed by atoms with Crippen molar-refractivity contribution in [3.8, 4) is 0 Å². The van der Waals surface area contributed by atoms with E-state index < -0.39 is 0 Å². The lowest BCUT2D eigenvalue weighted by molar-refractivity contribution is 1.11. The van der Waals surface area contributed by atoms with Crippen LogP contribution >= 0.6 is 27.5 Å². The maximum atomic E-state index is 8.11. The lowest BCUT2D eigenvalue weighted by atomic mass is 10.0. The van der Waals surface area contributed by atoms with Crippen LogP contribution in [0.15, 0.2) is 46.9 Å². The summed E-state index contributed by atoms with van der Waals surface area (Å²) < 4.78 is 9.16. The van der Waals surface area contributed by atoms with E-state index in [4.69, 9.17) is 13.0 Å². The first-order chi connectivity index (χ1) is 9.07. The minimum absolute atomic E-state index is 0.300. The predicted molar refractivity (Wildman–Crippen MR) is 80.4 cm³/mol. The van der Waals surface area contributed by atoms with Gasteiger partial charge in [0, 0.05) is 10.9 Å². The van der Waals surface area contributed by atoms with Gasteiger partial charge in [0.05, 0.1) is 0 Å². The van der Waals surface area contributed by atoms with Crippen LogP contribution < -0.4 is 0 Å². The normalized spacial score (nSPS) is 17.3. The largest absolute Gasteiger partial charge is 0.0840 e. The summed E-state index contributed by atoms with van der Waals surface area (Å²) in [6.45, 7) is 0. The van der Waals surface area contributed by atoms with Gasteiger partial charge in [-0.15, -0.1) is 0 Å². The Bertz CT molecular complexity index is 603.